The molecule has 41 heavy (non-hydrogen) atoms. The molecule has 0 bridgehead atoms. The Balaban J connectivity index is 1.20. The summed E-state index contributed by atoms with van der Waals surface area (Å²) in [5.74, 6) is 0.206. The number of nitrogens with two attached hydrogens (primary N) is 1. The normalized spacial score (nSPS) is 17.3. The molecule has 0 radical (unpaired) electrons. The summed E-state index contributed by atoms with van der Waals surface area (Å²) in [6.07, 6.45) is 1.79. The molecule has 0 fully saturated rings. The molecule has 4 N–H and O–H groups in total. The third-order valence-corrected chi connectivity index (χ3v) is 9.26. The van der Waals surface area contributed by atoms with Crippen LogP contribution in [-0.4, -0.2) is 45.5 Å². The van der Waals surface area contributed by atoms with Crippen LogP contribution >= 0.6 is 11.3 Å². The number of ether oxygens (including phenoxy) is 1. The molecule has 1 amide bonds. The van der Waals surface area contributed by atoms with E-state index in [0.717, 1.165) is 28.0 Å². The Hall–Kier alpha value is -4.17. The van der Waals surface area contributed by atoms with Crippen molar-refractivity contribution in [2.24, 2.45) is 5.14 Å². The second-order valence-electron chi connectivity index (χ2n) is 9.79. The van der Waals surface area contributed by atoms with Gasteiger partial charge in [-0.1, -0.05) is 59.8 Å². The Morgan fingerprint density at radius 1 is 1.15 bits per heavy atom. The highest BCUT2D eigenvalue weighted by molar-refractivity contribution is 7.91. The number of aliphatic hydroxyl groups is 1. The first kappa shape index (κ1) is 27.0. The van der Waals surface area contributed by atoms with E-state index in [9.17, 15) is 18.3 Å². The van der Waals surface area contributed by atoms with Gasteiger partial charge in [0.2, 0.25) is 10.2 Å². The van der Waals surface area contributed by atoms with Crippen LogP contribution in [0.2, 0.25) is 0 Å². The Morgan fingerprint density at radius 3 is 2.73 bits per heavy atom. The maximum Gasteiger partial charge on any atom is 0.265 e. The van der Waals surface area contributed by atoms with E-state index in [1.807, 2.05) is 54.6 Å². The number of carbonyl (C=O) groups is 1. The van der Waals surface area contributed by atoms with Gasteiger partial charge in [-0.3, -0.25) is 4.79 Å². The number of hydrogen-bond donors (Lipinski definition) is 3. The molecule has 0 aliphatic heterocycles. The summed E-state index contributed by atoms with van der Waals surface area (Å²) in [5, 5.41) is 27.4. The predicted molar refractivity (Wildman–Crippen MR) is 152 cm³/mol. The summed E-state index contributed by atoms with van der Waals surface area (Å²) in [7, 11) is -3.89. The number of primary sulfonamides is 1. The summed E-state index contributed by atoms with van der Waals surface area (Å²) in [6, 6.07) is 21.1. The Labute approximate surface area is 239 Å². The number of amides is 1. The van der Waals surface area contributed by atoms with Crippen molar-refractivity contribution in [2.75, 3.05) is 0 Å². The molecule has 13 heteroatoms. The number of sulfonamides is 1. The molecule has 2 heterocycles. The van der Waals surface area contributed by atoms with Gasteiger partial charge < -0.3 is 15.2 Å². The van der Waals surface area contributed by atoms with Gasteiger partial charge in [0.25, 0.3) is 10.0 Å². The van der Waals surface area contributed by atoms with Crippen LogP contribution < -0.4 is 15.2 Å². The van der Waals surface area contributed by atoms with Crippen molar-refractivity contribution in [3.63, 3.8) is 0 Å². The molecule has 2 aromatic heterocycles. The Kier molecular flexibility index (Phi) is 7.26. The summed E-state index contributed by atoms with van der Waals surface area (Å²) >= 11 is 0.962. The first-order chi connectivity index (χ1) is 19.7. The number of nitrogens with one attached hydrogen (secondary N) is 1. The maximum atomic E-state index is 13.6. The number of rotatable bonds is 9. The van der Waals surface area contributed by atoms with Crippen LogP contribution in [0.25, 0.3) is 10.2 Å². The number of hydrogen-bond acceptors (Lipinski definition) is 9. The standard InChI is InChI=1S/C28H26N6O5S2/c29-41(37,38)28-30-22-11-10-20(14-25(22)40-28)39-16-19-15-34(33-32-19)23(12-17-6-2-1-3-7-17)27(36)31-26-21-9-5-4-8-18(21)13-24(26)35/h1-11,14-15,23-24,26,35H,12-13,16H2,(H,31,36)(H2,29,37,38)/t23?,24-,26+/m0/s1. The van der Waals surface area contributed by atoms with Gasteiger partial charge in [-0.15, -0.1) is 16.4 Å². The zero-order valence-electron chi connectivity index (χ0n) is 21.6. The predicted octanol–water partition coefficient (Wildman–Crippen LogP) is 2.67. The lowest BCUT2D eigenvalue weighted by atomic mass is 10.0. The highest BCUT2D eigenvalue weighted by Gasteiger charge is 2.34. The minimum absolute atomic E-state index is 0.0702. The highest BCUT2D eigenvalue weighted by Crippen LogP contribution is 2.32. The van der Waals surface area contributed by atoms with E-state index in [1.54, 1.807) is 24.4 Å². The molecule has 0 spiro atoms. The molecule has 11 nitrogen and oxygen atoms in total. The number of aliphatic hydroxyl groups excluding tert-OH is 1. The van der Waals surface area contributed by atoms with Gasteiger partial charge in [0.15, 0.2) is 0 Å². The van der Waals surface area contributed by atoms with Crippen LogP contribution in [-0.2, 0) is 34.3 Å². The molecule has 0 saturated heterocycles. The summed E-state index contributed by atoms with van der Waals surface area (Å²) < 4.78 is 31.1. The van der Waals surface area contributed by atoms with Crippen molar-refractivity contribution in [3.8, 4) is 5.75 Å². The molecule has 1 unspecified atom stereocenters. The number of fused-ring (bicyclic) bond motifs is 2. The SMILES string of the molecule is NS(=O)(=O)c1nc2ccc(OCc3cn(C(Cc4ccccc4)C(=O)N[C@@H]4c5ccccc5C[C@@H]4O)nn3)cc2s1. The molecule has 6 rings (SSSR count). The van der Waals surface area contributed by atoms with E-state index in [1.165, 1.54) is 4.68 Å². The van der Waals surface area contributed by atoms with E-state index in [4.69, 9.17) is 9.88 Å². The van der Waals surface area contributed by atoms with Gasteiger partial charge in [-0.05, 0) is 34.9 Å². The average Bonchev–Trinajstić information content (AvgIpc) is 3.68. The van der Waals surface area contributed by atoms with E-state index in [-0.39, 0.29) is 16.9 Å². The number of aromatic nitrogens is 4. The van der Waals surface area contributed by atoms with Crippen LogP contribution in [0.5, 0.6) is 5.75 Å². The van der Waals surface area contributed by atoms with Crippen LogP contribution in [0.4, 0.5) is 0 Å². The van der Waals surface area contributed by atoms with Crippen molar-refractivity contribution < 1.29 is 23.1 Å². The third kappa shape index (κ3) is 5.84. The number of thiazole rings is 1. The summed E-state index contributed by atoms with van der Waals surface area (Å²) in [5.41, 5.74) is 3.87. The number of nitrogens with zero attached hydrogens (tertiary/aromatic N) is 4. The highest BCUT2D eigenvalue weighted by atomic mass is 32.2. The molecule has 1 aliphatic rings. The minimum atomic E-state index is -3.89. The van der Waals surface area contributed by atoms with Gasteiger partial charge in [0.05, 0.1) is 28.6 Å². The number of carbonyl (C=O) groups excluding carboxylic acids is 1. The fraction of sp³-hybridized carbons (Fsp3) is 0.214. The second-order valence-corrected chi connectivity index (χ2v) is 12.6. The molecular formula is C28H26N6O5S2. The topological polar surface area (TPSA) is 162 Å². The third-order valence-electron chi connectivity index (χ3n) is 6.92. The zero-order chi connectivity index (χ0) is 28.6. The van der Waals surface area contributed by atoms with Crippen LogP contribution in [0.1, 0.15) is 34.5 Å². The molecular weight excluding hydrogens is 564 g/mol. The maximum absolute atomic E-state index is 13.6. The summed E-state index contributed by atoms with van der Waals surface area (Å²) in [6.45, 7) is 0.0702. The van der Waals surface area contributed by atoms with Gasteiger partial charge in [-0.2, -0.15) is 0 Å². The van der Waals surface area contributed by atoms with Gasteiger partial charge >= 0.3 is 0 Å². The monoisotopic (exact) mass is 590 g/mol. The molecule has 1 aliphatic carbocycles. The molecule has 5 aromatic rings. The molecule has 3 aromatic carbocycles. The van der Waals surface area contributed by atoms with Crippen molar-refractivity contribution >= 4 is 37.5 Å². The van der Waals surface area contributed by atoms with Crippen molar-refractivity contribution in [3.05, 3.63) is 101 Å². The zero-order valence-corrected chi connectivity index (χ0v) is 23.3. The fourth-order valence-corrected chi connectivity index (χ4v) is 6.61. The van der Waals surface area contributed by atoms with Gasteiger partial charge in [0.1, 0.15) is 24.1 Å². The Morgan fingerprint density at radius 2 is 1.93 bits per heavy atom. The fourth-order valence-electron chi connectivity index (χ4n) is 4.93. The molecule has 0 saturated carbocycles. The average molecular weight is 591 g/mol. The first-order valence-corrected chi connectivity index (χ1v) is 15.2. The van der Waals surface area contributed by atoms with E-state index in [2.05, 4.69) is 20.6 Å². The lowest BCUT2D eigenvalue weighted by molar-refractivity contribution is -0.126. The van der Waals surface area contributed by atoms with Crippen molar-refractivity contribution in [1.82, 2.24) is 25.3 Å². The Bertz CT molecular complexity index is 1820. The molecule has 210 valence electrons. The second kappa shape index (κ2) is 11.0. The largest absolute Gasteiger partial charge is 0.487 e. The first-order valence-electron chi connectivity index (χ1n) is 12.8. The van der Waals surface area contributed by atoms with Gasteiger partial charge in [-0.25, -0.2) is 23.2 Å². The summed E-state index contributed by atoms with van der Waals surface area (Å²) in [4.78, 5) is 17.7. The van der Waals surface area contributed by atoms with E-state index in [0.29, 0.717) is 34.5 Å². The quantitative estimate of drug-likeness (QED) is 0.236. The van der Waals surface area contributed by atoms with Crippen LogP contribution in [0, 0.1) is 0 Å². The van der Waals surface area contributed by atoms with Gasteiger partial charge in [0, 0.05) is 12.8 Å². The van der Waals surface area contributed by atoms with Crippen molar-refractivity contribution in [1.29, 1.82) is 0 Å². The minimum Gasteiger partial charge on any atom is -0.487 e. The number of benzene rings is 3. The lowest BCUT2D eigenvalue weighted by Crippen LogP contribution is -2.39. The molecule has 3 atom stereocenters. The van der Waals surface area contributed by atoms with E-state index >= 15 is 0 Å². The van der Waals surface area contributed by atoms with Crippen LogP contribution in [0.3, 0.4) is 0 Å². The smallest absolute Gasteiger partial charge is 0.265 e. The lowest BCUT2D eigenvalue weighted by Gasteiger charge is -2.23. The van der Waals surface area contributed by atoms with E-state index < -0.39 is 28.2 Å². The van der Waals surface area contributed by atoms with Crippen molar-refractivity contribution in [2.45, 2.75) is 42.0 Å². The van der Waals surface area contributed by atoms with Crippen LogP contribution in [0.15, 0.2) is 83.3 Å².